The Kier molecular flexibility index (Phi) is 3.25. The number of nitrogens with one attached hydrogen (secondary N) is 1. The van der Waals surface area contributed by atoms with Crippen LogP contribution >= 0.6 is 11.6 Å². The Morgan fingerprint density at radius 2 is 2.21 bits per heavy atom. The lowest BCUT2D eigenvalue weighted by Gasteiger charge is -2.08. The summed E-state index contributed by atoms with van der Waals surface area (Å²) in [5.74, 6) is -0.814. The summed E-state index contributed by atoms with van der Waals surface area (Å²) in [6.07, 6.45) is 0. The third-order valence-electron chi connectivity index (χ3n) is 1.59. The number of carbonyl (C=O) groups excluding carboxylic acids is 1. The Bertz CT molecular complexity index is 369. The van der Waals surface area contributed by atoms with E-state index in [4.69, 9.17) is 11.6 Å². The molecule has 0 saturated heterocycles. The molecule has 0 aromatic heterocycles. The Balaban J connectivity index is 3.06. The van der Waals surface area contributed by atoms with Crippen molar-refractivity contribution in [3.8, 4) is 0 Å². The maximum Gasteiger partial charge on any atom is 0.221 e. The number of hydrogen-bond donors (Lipinski definition) is 1. The molecule has 0 aliphatic heterocycles. The number of rotatable bonds is 2. The maximum absolute atomic E-state index is 13.3. The van der Waals surface area contributed by atoms with Crippen molar-refractivity contribution in [2.24, 2.45) is 0 Å². The van der Waals surface area contributed by atoms with E-state index in [1.165, 1.54) is 25.1 Å². The molecular weight excluding hydrogens is 205 g/mol. The summed E-state index contributed by atoms with van der Waals surface area (Å²) in [5.41, 5.74) is 0.296. The molecule has 0 spiro atoms. The van der Waals surface area contributed by atoms with E-state index in [0.717, 1.165) is 0 Å². The predicted molar refractivity (Wildman–Crippen MR) is 54.3 cm³/mol. The molecule has 0 radical (unpaired) electrons. The lowest BCUT2D eigenvalue weighted by atomic mass is 10.1. The Morgan fingerprint density at radius 1 is 1.57 bits per heavy atom. The van der Waals surface area contributed by atoms with Gasteiger partial charge in [0.1, 0.15) is 5.82 Å². The van der Waals surface area contributed by atoms with Crippen LogP contribution in [0.5, 0.6) is 0 Å². The lowest BCUT2D eigenvalue weighted by molar-refractivity contribution is -0.117. The highest BCUT2D eigenvalue weighted by Gasteiger charge is 2.10. The van der Waals surface area contributed by atoms with E-state index in [9.17, 15) is 9.18 Å². The van der Waals surface area contributed by atoms with Crippen LogP contribution in [-0.2, 0) is 4.79 Å². The van der Waals surface area contributed by atoms with E-state index in [0.29, 0.717) is 0 Å². The summed E-state index contributed by atoms with van der Waals surface area (Å²) < 4.78 is 13.3. The highest BCUT2D eigenvalue weighted by atomic mass is 35.5. The first kappa shape index (κ1) is 10.7. The van der Waals surface area contributed by atoms with Crippen LogP contribution in [0.2, 0.25) is 5.02 Å². The van der Waals surface area contributed by atoms with Gasteiger partial charge in [-0.15, -0.1) is 0 Å². The average Bonchev–Trinajstić information content (AvgIpc) is 2.01. The Morgan fingerprint density at radius 3 is 2.71 bits per heavy atom. The van der Waals surface area contributed by atoms with E-state index in [-0.39, 0.29) is 22.2 Å². The van der Waals surface area contributed by atoms with Crippen molar-refractivity contribution >= 4 is 23.2 Å². The largest absolute Gasteiger partial charge is 0.326 e. The average molecular weight is 214 g/mol. The van der Waals surface area contributed by atoms with E-state index in [2.05, 4.69) is 11.9 Å². The Hall–Kier alpha value is -1.35. The molecular formula is C10H9ClFNO. The predicted octanol–water partition coefficient (Wildman–Crippen LogP) is 2.59. The van der Waals surface area contributed by atoms with Crippen molar-refractivity contribution in [3.05, 3.63) is 41.2 Å². The summed E-state index contributed by atoms with van der Waals surface area (Å²) in [4.78, 5) is 10.7. The molecule has 0 bridgehead atoms. The second-order valence-electron chi connectivity index (χ2n) is 2.76. The third kappa shape index (κ3) is 2.33. The second-order valence-corrected chi connectivity index (χ2v) is 3.16. The Labute approximate surface area is 86.4 Å². The van der Waals surface area contributed by atoms with Gasteiger partial charge in [-0.1, -0.05) is 24.2 Å². The van der Waals surface area contributed by atoms with Gasteiger partial charge in [-0.3, -0.25) is 4.79 Å². The molecule has 1 N–H and O–H groups in total. The minimum absolute atomic E-state index is 0.129. The number of benzene rings is 1. The fourth-order valence-corrected chi connectivity index (χ4v) is 1.34. The summed E-state index contributed by atoms with van der Waals surface area (Å²) in [6.45, 7) is 4.85. The molecule has 0 aliphatic carbocycles. The summed E-state index contributed by atoms with van der Waals surface area (Å²) >= 11 is 5.76. The van der Waals surface area contributed by atoms with Gasteiger partial charge in [0, 0.05) is 12.6 Å². The van der Waals surface area contributed by atoms with Gasteiger partial charge in [0.2, 0.25) is 5.91 Å². The molecule has 1 aromatic rings. The molecule has 0 aliphatic rings. The van der Waals surface area contributed by atoms with Crippen LogP contribution in [-0.4, -0.2) is 5.91 Å². The molecule has 14 heavy (non-hydrogen) atoms. The van der Waals surface area contributed by atoms with E-state index in [1.54, 1.807) is 0 Å². The van der Waals surface area contributed by atoms with Crippen molar-refractivity contribution in [2.45, 2.75) is 6.92 Å². The lowest BCUT2D eigenvalue weighted by Crippen LogP contribution is -2.18. The molecule has 0 saturated carbocycles. The first-order valence-corrected chi connectivity index (χ1v) is 4.31. The fraction of sp³-hybridized carbons (Fsp3) is 0.100. The van der Waals surface area contributed by atoms with Gasteiger partial charge in [-0.05, 0) is 12.1 Å². The SMILES string of the molecule is C=C(NC(C)=O)c1c(F)cccc1Cl. The van der Waals surface area contributed by atoms with Gasteiger partial charge < -0.3 is 5.32 Å². The van der Waals surface area contributed by atoms with E-state index < -0.39 is 5.82 Å². The quantitative estimate of drug-likeness (QED) is 0.804. The fourth-order valence-electron chi connectivity index (χ4n) is 1.06. The van der Waals surface area contributed by atoms with Crippen molar-refractivity contribution in [1.82, 2.24) is 5.32 Å². The van der Waals surface area contributed by atoms with Crippen LogP contribution in [0.25, 0.3) is 5.70 Å². The van der Waals surface area contributed by atoms with Crippen LogP contribution in [0.15, 0.2) is 24.8 Å². The van der Waals surface area contributed by atoms with Crippen LogP contribution in [0.4, 0.5) is 4.39 Å². The molecule has 0 heterocycles. The highest BCUT2D eigenvalue weighted by molar-refractivity contribution is 6.32. The van der Waals surface area contributed by atoms with Gasteiger partial charge >= 0.3 is 0 Å². The summed E-state index contributed by atoms with van der Waals surface area (Å²) in [7, 11) is 0. The first-order chi connectivity index (χ1) is 6.52. The van der Waals surface area contributed by atoms with Gasteiger partial charge in [0.25, 0.3) is 0 Å². The van der Waals surface area contributed by atoms with Crippen LogP contribution in [0.1, 0.15) is 12.5 Å². The third-order valence-corrected chi connectivity index (χ3v) is 1.91. The highest BCUT2D eigenvalue weighted by Crippen LogP contribution is 2.23. The molecule has 2 nitrogen and oxygen atoms in total. The minimum Gasteiger partial charge on any atom is -0.326 e. The monoisotopic (exact) mass is 213 g/mol. The van der Waals surface area contributed by atoms with E-state index in [1.807, 2.05) is 0 Å². The van der Waals surface area contributed by atoms with Crippen LogP contribution in [0.3, 0.4) is 0 Å². The van der Waals surface area contributed by atoms with Gasteiger partial charge in [0.05, 0.1) is 10.6 Å². The molecule has 1 amide bonds. The molecule has 4 heteroatoms. The van der Waals surface area contributed by atoms with Crippen molar-refractivity contribution in [1.29, 1.82) is 0 Å². The molecule has 0 unspecified atom stereocenters. The first-order valence-electron chi connectivity index (χ1n) is 3.93. The topological polar surface area (TPSA) is 29.1 Å². The smallest absolute Gasteiger partial charge is 0.221 e. The van der Waals surface area contributed by atoms with Gasteiger partial charge in [-0.25, -0.2) is 4.39 Å². The zero-order valence-electron chi connectivity index (χ0n) is 7.60. The van der Waals surface area contributed by atoms with Crippen molar-refractivity contribution < 1.29 is 9.18 Å². The maximum atomic E-state index is 13.3. The minimum atomic E-state index is -0.503. The summed E-state index contributed by atoms with van der Waals surface area (Å²) in [5, 5.41) is 2.61. The van der Waals surface area contributed by atoms with Crippen molar-refractivity contribution in [2.75, 3.05) is 0 Å². The molecule has 1 aromatic carbocycles. The standard InChI is InChI=1S/C10H9ClFNO/c1-6(13-7(2)14)10-8(11)4-3-5-9(10)12/h3-5H,1H2,2H3,(H,13,14). The van der Waals surface area contributed by atoms with E-state index >= 15 is 0 Å². The zero-order chi connectivity index (χ0) is 10.7. The molecule has 1 rings (SSSR count). The van der Waals surface area contributed by atoms with Gasteiger partial charge in [0.15, 0.2) is 0 Å². The molecule has 74 valence electrons. The van der Waals surface area contributed by atoms with Crippen LogP contribution < -0.4 is 5.32 Å². The molecule has 0 atom stereocenters. The normalized spacial score (nSPS) is 9.64. The van der Waals surface area contributed by atoms with Gasteiger partial charge in [-0.2, -0.15) is 0 Å². The number of amides is 1. The molecule has 0 fully saturated rings. The van der Waals surface area contributed by atoms with Crippen LogP contribution in [0, 0.1) is 5.82 Å². The zero-order valence-corrected chi connectivity index (χ0v) is 8.36. The second kappa shape index (κ2) is 4.24. The number of halogens is 2. The van der Waals surface area contributed by atoms with Crippen molar-refractivity contribution in [3.63, 3.8) is 0 Å². The number of hydrogen-bond acceptors (Lipinski definition) is 1. The summed E-state index contributed by atoms with van der Waals surface area (Å²) in [6, 6.07) is 4.28. The number of carbonyl (C=O) groups is 1.